The Morgan fingerprint density at radius 1 is 1.00 bits per heavy atom. The first kappa shape index (κ1) is 17.7. The number of aryl methyl sites for hydroxylation is 2. The van der Waals surface area contributed by atoms with Gasteiger partial charge in [-0.3, -0.25) is 4.79 Å². The van der Waals surface area contributed by atoms with Crippen molar-refractivity contribution in [1.29, 1.82) is 0 Å². The van der Waals surface area contributed by atoms with Crippen LogP contribution in [-0.4, -0.2) is 26.2 Å². The highest BCUT2D eigenvalue weighted by Crippen LogP contribution is 2.29. The summed E-state index contributed by atoms with van der Waals surface area (Å²) in [6.45, 7) is 5.65. The van der Waals surface area contributed by atoms with Crippen LogP contribution >= 0.6 is 0 Å². The van der Waals surface area contributed by atoms with Gasteiger partial charge < -0.3 is 19.5 Å². The van der Waals surface area contributed by atoms with Gasteiger partial charge >= 0.3 is 0 Å². The van der Waals surface area contributed by atoms with Crippen LogP contribution in [0.3, 0.4) is 0 Å². The van der Waals surface area contributed by atoms with Crippen molar-refractivity contribution >= 4 is 11.6 Å². The summed E-state index contributed by atoms with van der Waals surface area (Å²) in [6.07, 6.45) is -0.651. The van der Waals surface area contributed by atoms with Crippen molar-refractivity contribution in [1.82, 2.24) is 0 Å². The van der Waals surface area contributed by atoms with E-state index < -0.39 is 6.10 Å². The van der Waals surface area contributed by atoms with E-state index in [0.717, 1.165) is 11.1 Å². The third-order valence-corrected chi connectivity index (χ3v) is 3.68. The Balaban J connectivity index is 2.13. The highest BCUT2D eigenvalue weighted by Gasteiger charge is 2.18. The maximum atomic E-state index is 12.4. The average molecular weight is 329 g/mol. The molecular weight excluding hydrogens is 306 g/mol. The largest absolute Gasteiger partial charge is 0.497 e. The quantitative estimate of drug-likeness (QED) is 0.877. The molecule has 0 unspecified atom stereocenters. The molecule has 2 rings (SSSR count). The fraction of sp³-hybridized carbons (Fsp3) is 0.316. The number of methoxy groups -OCH3 is 2. The molecule has 0 radical (unpaired) electrons. The molecule has 0 bridgehead atoms. The predicted octanol–water partition coefficient (Wildman–Crippen LogP) is 3.73. The number of carbonyl (C=O) groups excluding carboxylic acids is 1. The lowest BCUT2D eigenvalue weighted by molar-refractivity contribution is -0.122. The molecule has 5 heteroatoms. The molecule has 0 fully saturated rings. The summed E-state index contributed by atoms with van der Waals surface area (Å²) in [6, 6.07) is 11.1. The van der Waals surface area contributed by atoms with E-state index >= 15 is 0 Å². The molecule has 0 heterocycles. The summed E-state index contributed by atoms with van der Waals surface area (Å²) >= 11 is 0. The fourth-order valence-corrected chi connectivity index (χ4v) is 2.22. The second-order valence-corrected chi connectivity index (χ2v) is 5.58. The van der Waals surface area contributed by atoms with Gasteiger partial charge in [-0.1, -0.05) is 12.1 Å². The molecule has 1 amide bonds. The zero-order chi connectivity index (χ0) is 17.7. The van der Waals surface area contributed by atoms with Gasteiger partial charge in [-0.15, -0.1) is 0 Å². The molecule has 2 aromatic carbocycles. The lowest BCUT2D eigenvalue weighted by Crippen LogP contribution is -2.30. The van der Waals surface area contributed by atoms with Crippen LogP contribution in [0.5, 0.6) is 17.2 Å². The van der Waals surface area contributed by atoms with Gasteiger partial charge in [0.15, 0.2) is 6.10 Å². The summed E-state index contributed by atoms with van der Waals surface area (Å²) in [5, 5.41) is 2.82. The first-order chi connectivity index (χ1) is 11.4. The molecule has 1 atom stereocenters. The van der Waals surface area contributed by atoms with E-state index in [1.807, 2.05) is 32.0 Å². The Labute approximate surface area is 142 Å². The van der Waals surface area contributed by atoms with E-state index in [9.17, 15) is 4.79 Å². The van der Waals surface area contributed by atoms with Gasteiger partial charge in [-0.25, -0.2) is 0 Å². The molecule has 128 valence electrons. The molecule has 24 heavy (non-hydrogen) atoms. The number of anilines is 1. The number of nitrogens with one attached hydrogen (secondary N) is 1. The number of hydrogen-bond donors (Lipinski definition) is 1. The van der Waals surface area contributed by atoms with E-state index in [-0.39, 0.29) is 5.91 Å². The topological polar surface area (TPSA) is 56.8 Å². The van der Waals surface area contributed by atoms with Crippen molar-refractivity contribution in [2.75, 3.05) is 19.5 Å². The fourth-order valence-electron chi connectivity index (χ4n) is 2.22. The Bertz CT molecular complexity index is 727. The summed E-state index contributed by atoms with van der Waals surface area (Å²) < 4.78 is 16.3. The molecule has 0 saturated heterocycles. The number of benzene rings is 2. The summed E-state index contributed by atoms with van der Waals surface area (Å²) in [5.41, 5.74) is 2.61. The van der Waals surface area contributed by atoms with Gasteiger partial charge in [0.2, 0.25) is 0 Å². The lowest BCUT2D eigenvalue weighted by Gasteiger charge is -2.18. The van der Waals surface area contributed by atoms with Crippen molar-refractivity contribution < 1.29 is 19.0 Å². The van der Waals surface area contributed by atoms with Gasteiger partial charge in [-0.05, 0) is 50.1 Å². The predicted molar refractivity (Wildman–Crippen MR) is 94.2 cm³/mol. The molecule has 0 spiro atoms. The van der Waals surface area contributed by atoms with Gasteiger partial charge in [-0.2, -0.15) is 0 Å². The number of amides is 1. The minimum atomic E-state index is -0.651. The Morgan fingerprint density at radius 3 is 2.42 bits per heavy atom. The minimum Gasteiger partial charge on any atom is -0.497 e. The van der Waals surface area contributed by atoms with Crippen LogP contribution < -0.4 is 19.5 Å². The molecular formula is C19H23NO4. The number of ether oxygens (including phenoxy) is 3. The molecule has 0 saturated carbocycles. The molecule has 0 aromatic heterocycles. The third-order valence-electron chi connectivity index (χ3n) is 3.68. The van der Waals surface area contributed by atoms with Gasteiger partial charge in [0.1, 0.15) is 17.2 Å². The van der Waals surface area contributed by atoms with E-state index in [4.69, 9.17) is 14.2 Å². The average Bonchev–Trinajstić information content (AvgIpc) is 2.57. The van der Waals surface area contributed by atoms with E-state index in [2.05, 4.69) is 5.32 Å². The first-order valence-electron chi connectivity index (χ1n) is 7.71. The van der Waals surface area contributed by atoms with Crippen molar-refractivity contribution in [3.63, 3.8) is 0 Å². The molecule has 1 N–H and O–H groups in total. The van der Waals surface area contributed by atoms with Crippen LogP contribution in [0.4, 0.5) is 5.69 Å². The Hall–Kier alpha value is -2.69. The van der Waals surface area contributed by atoms with Crippen molar-refractivity contribution in [3.05, 3.63) is 47.5 Å². The zero-order valence-corrected chi connectivity index (χ0v) is 14.7. The molecule has 0 aliphatic carbocycles. The van der Waals surface area contributed by atoms with E-state index in [0.29, 0.717) is 22.9 Å². The second-order valence-electron chi connectivity index (χ2n) is 5.58. The van der Waals surface area contributed by atoms with Gasteiger partial charge in [0.05, 0.1) is 19.9 Å². The van der Waals surface area contributed by atoms with Crippen molar-refractivity contribution in [2.24, 2.45) is 0 Å². The lowest BCUT2D eigenvalue weighted by atomic mass is 10.1. The van der Waals surface area contributed by atoms with Crippen LogP contribution in [0.1, 0.15) is 18.1 Å². The van der Waals surface area contributed by atoms with Gasteiger partial charge in [0, 0.05) is 6.07 Å². The van der Waals surface area contributed by atoms with Crippen LogP contribution in [0.2, 0.25) is 0 Å². The van der Waals surface area contributed by atoms with Crippen LogP contribution in [0.15, 0.2) is 36.4 Å². The van der Waals surface area contributed by atoms with Crippen LogP contribution in [0, 0.1) is 13.8 Å². The third kappa shape index (κ3) is 4.19. The monoisotopic (exact) mass is 329 g/mol. The van der Waals surface area contributed by atoms with E-state index in [1.165, 1.54) is 0 Å². The minimum absolute atomic E-state index is 0.262. The zero-order valence-electron chi connectivity index (χ0n) is 14.7. The van der Waals surface area contributed by atoms with Crippen LogP contribution in [0.25, 0.3) is 0 Å². The first-order valence-corrected chi connectivity index (χ1v) is 7.71. The maximum absolute atomic E-state index is 12.4. The standard InChI is InChI=1S/C19H23NO4/c1-12-6-7-13(2)18(10-12)24-14(3)19(21)20-16-11-15(22-4)8-9-17(16)23-5/h6-11,14H,1-5H3,(H,20,21)/t14-/m0/s1. The molecule has 5 nitrogen and oxygen atoms in total. The second kappa shape index (κ2) is 7.73. The smallest absolute Gasteiger partial charge is 0.265 e. The maximum Gasteiger partial charge on any atom is 0.265 e. The number of hydrogen-bond acceptors (Lipinski definition) is 4. The highest BCUT2D eigenvalue weighted by molar-refractivity contribution is 5.95. The SMILES string of the molecule is COc1ccc(OC)c(NC(=O)[C@H](C)Oc2cc(C)ccc2C)c1. The van der Waals surface area contributed by atoms with E-state index in [1.54, 1.807) is 39.3 Å². The van der Waals surface area contributed by atoms with Crippen LogP contribution in [-0.2, 0) is 4.79 Å². The normalized spacial score (nSPS) is 11.5. The molecule has 0 aliphatic rings. The van der Waals surface area contributed by atoms with Crippen molar-refractivity contribution in [2.45, 2.75) is 26.9 Å². The summed E-state index contributed by atoms with van der Waals surface area (Å²) in [4.78, 5) is 12.4. The number of carbonyl (C=O) groups is 1. The summed E-state index contributed by atoms with van der Waals surface area (Å²) in [5.74, 6) is 1.63. The molecule has 2 aromatic rings. The van der Waals surface area contributed by atoms with Crippen molar-refractivity contribution in [3.8, 4) is 17.2 Å². The number of rotatable bonds is 6. The summed E-state index contributed by atoms with van der Waals surface area (Å²) in [7, 11) is 3.12. The molecule has 0 aliphatic heterocycles. The Kier molecular flexibility index (Phi) is 5.68. The van der Waals surface area contributed by atoms with Gasteiger partial charge in [0.25, 0.3) is 5.91 Å². The highest BCUT2D eigenvalue weighted by atomic mass is 16.5. The Morgan fingerprint density at radius 2 is 1.75 bits per heavy atom.